The van der Waals surface area contributed by atoms with Crippen molar-refractivity contribution in [2.24, 2.45) is 11.3 Å². The van der Waals surface area contributed by atoms with Crippen LogP contribution in [0.1, 0.15) is 46.5 Å². The summed E-state index contributed by atoms with van der Waals surface area (Å²) in [6, 6.07) is 0. The molecule has 0 aromatic rings. The minimum absolute atomic E-state index is 0.623. The van der Waals surface area contributed by atoms with Crippen LogP contribution < -0.4 is 0 Å². The van der Waals surface area contributed by atoms with Gasteiger partial charge in [0.15, 0.2) is 0 Å². The van der Waals surface area contributed by atoms with Crippen molar-refractivity contribution >= 4 is 15.9 Å². The average Bonchev–Trinajstić information content (AvgIpc) is 1.86. The predicted octanol–water partition coefficient (Wildman–Crippen LogP) is 3.99. The molecule has 1 heteroatoms. The topological polar surface area (TPSA) is 0 Å². The highest BCUT2D eigenvalue weighted by Crippen LogP contribution is 2.40. The minimum atomic E-state index is 0.623. The molecule has 0 radical (unpaired) electrons. The maximum Gasteiger partial charge on any atom is 0.0145 e. The summed E-state index contributed by atoms with van der Waals surface area (Å²) in [6.45, 7) is 7.06. The molecule has 1 atom stereocenters. The molecule has 1 fully saturated rings. The van der Waals surface area contributed by atoms with Gasteiger partial charge in [0.2, 0.25) is 0 Å². The zero-order valence-corrected chi connectivity index (χ0v) is 9.45. The fourth-order valence-corrected chi connectivity index (χ4v) is 2.41. The molecule has 0 aromatic heterocycles. The van der Waals surface area contributed by atoms with Crippen molar-refractivity contribution in [2.75, 3.05) is 0 Å². The van der Waals surface area contributed by atoms with Gasteiger partial charge < -0.3 is 0 Å². The van der Waals surface area contributed by atoms with Crippen LogP contribution in [-0.4, -0.2) is 4.83 Å². The van der Waals surface area contributed by atoms with Gasteiger partial charge >= 0.3 is 0 Å². The highest BCUT2D eigenvalue weighted by Gasteiger charge is 2.28. The van der Waals surface area contributed by atoms with E-state index >= 15 is 0 Å². The van der Waals surface area contributed by atoms with Crippen LogP contribution in [0.15, 0.2) is 0 Å². The highest BCUT2D eigenvalue weighted by atomic mass is 79.9. The lowest BCUT2D eigenvalue weighted by Gasteiger charge is -2.35. The Hall–Kier alpha value is 0.480. The molecule has 0 unspecified atom stereocenters. The van der Waals surface area contributed by atoms with Gasteiger partial charge in [-0.25, -0.2) is 0 Å². The molecule has 0 amide bonds. The Labute approximate surface area is 78.9 Å². The third kappa shape index (κ3) is 2.77. The summed E-state index contributed by atoms with van der Waals surface area (Å²) in [4.78, 5) is 0.721. The Morgan fingerprint density at radius 3 is 2.09 bits per heavy atom. The van der Waals surface area contributed by atoms with Crippen LogP contribution in [0.25, 0.3) is 0 Å². The fourth-order valence-electron chi connectivity index (χ4n) is 1.88. The third-order valence-corrected chi connectivity index (χ3v) is 3.78. The quantitative estimate of drug-likeness (QED) is 0.585. The van der Waals surface area contributed by atoms with Gasteiger partial charge in [0.05, 0.1) is 0 Å². The van der Waals surface area contributed by atoms with Crippen molar-refractivity contribution in [1.82, 2.24) is 0 Å². The second-order valence-corrected chi connectivity index (χ2v) is 6.12. The Morgan fingerprint density at radius 2 is 1.73 bits per heavy atom. The van der Waals surface area contributed by atoms with Gasteiger partial charge in [-0.15, -0.1) is 0 Å². The molecule has 0 spiro atoms. The first-order valence-electron chi connectivity index (χ1n) is 4.65. The van der Waals surface area contributed by atoms with E-state index in [0.29, 0.717) is 5.41 Å². The molecular formula is C10H19Br. The summed E-state index contributed by atoms with van der Waals surface area (Å²) in [5.74, 6) is 0.933. The van der Waals surface area contributed by atoms with Gasteiger partial charge in [0.25, 0.3) is 0 Å². The zero-order chi connectivity index (χ0) is 8.48. The molecule has 0 bridgehead atoms. The van der Waals surface area contributed by atoms with Crippen LogP contribution in [0, 0.1) is 11.3 Å². The van der Waals surface area contributed by atoms with E-state index in [9.17, 15) is 0 Å². The number of rotatable bonds is 1. The van der Waals surface area contributed by atoms with Gasteiger partial charge in [0.1, 0.15) is 0 Å². The van der Waals surface area contributed by atoms with Gasteiger partial charge in [0, 0.05) is 4.83 Å². The maximum absolute atomic E-state index is 3.67. The molecule has 0 N–H and O–H groups in total. The van der Waals surface area contributed by atoms with Crippen LogP contribution in [0.4, 0.5) is 0 Å². The number of hydrogen-bond donors (Lipinski definition) is 0. The standard InChI is InChI=1S/C10H19Br/c1-8(11)9-4-6-10(2,3)7-5-9/h8-9H,4-7H2,1-3H3/t8-/m0/s1. The van der Waals surface area contributed by atoms with Gasteiger partial charge in [-0.3, -0.25) is 0 Å². The van der Waals surface area contributed by atoms with Crippen LogP contribution in [0.5, 0.6) is 0 Å². The number of hydrogen-bond acceptors (Lipinski definition) is 0. The van der Waals surface area contributed by atoms with E-state index in [0.717, 1.165) is 10.7 Å². The number of halogens is 1. The summed E-state index contributed by atoms with van der Waals surface area (Å²) < 4.78 is 0. The maximum atomic E-state index is 3.67. The highest BCUT2D eigenvalue weighted by molar-refractivity contribution is 9.09. The fraction of sp³-hybridized carbons (Fsp3) is 1.00. The van der Waals surface area contributed by atoms with E-state index in [1.807, 2.05) is 0 Å². The first-order valence-corrected chi connectivity index (χ1v) is 5.57. The van der Waals surface area contributed by atoms with Crippen molar-refractivity contribution < 1.29 is 0 Å². The summed E-state index contributed by atoms with van der Waals surface area (Å²) in [5.41, 5.74) is 0.623. The Morgan fingerprint density at radius 1 is 1.27 bits per heavy atom. The van der Waals surface area contributed by atoms with E-state index < -0.39 is 0 Å². The molecule has 1 aliphatic rings. The van der Waals surface area contributed by atoms with E-state index in [-0.39, 0.29) is 0 Å². The van der Waals surface area contributed by atoms with Crippen LogP contribution in [0.2, 0.25) is 0 Å². The smallest absolute Gasteiger partial charge is 0.0145 e. The molecule has 0 saturated heterocycles. The summed E-state index contributed by atoms with van der Waals surface area (Å²) >= 11 is 3.67. The van der Waals surface area contributed by atoms with Gasteiger partial charge in [-0.05, 0) is 37.0 Å². The summed E-state index contributed by atoms with van der Waals surface area (Å²) in [7, 11) is 0. The van der Waals surface area contributed by atoms with E-state index in [4.69, 9.17) is 0 Å². The van der Waals surface area contributed by atoms with Crippen LogP contribution in [-0.2, 0) is 0 Å². The second-order valence-electron chi connectivity index (χ2n) is 4.68. The molecule has 1 saturated carbocycles. The van der Waals surface area contributed by atoms with E-state index in [1.54, 1.807) is 0 Å². The second kappa shape index (κ2) is 3.47. The third-order valence-electron chi connectivity index (χ3n) is 3.03. The van der Waals surface area contributed by atoms with Crippen molar-refractivity contribution in [3.63, 3.8) is 0 Å². The molecule has 0 aromatic carbocycles. The van der Waals surface area contributed by atoms with Crippen LogP contribution in [0.3, 0.4) is 0 Å². The molecule has 1 rings (SSSR count). The largest absolute Gasteiger partial charge is 0.0891 e. The molecule has 11 heavy (non-hydrogen) atoms. The lowest BCUT2D eigenvalue weighted by Crippen LogP contribution is -2.24. The van der Waals surface area contributed by atoms with Gasteiger partial charge in [-0.1, -0.05) is 36.7 Å². The average molecular weight is 219 g/mol. The zero-order valence-electron chi connectivity index (χ0n) is 7.86. The van der Waals surface area contributed by atoms with Crippen molar-refractivity contribution in [2.45, 2.75) is 51.3 Å². The Bertz CT molecular complexity index is 117. The van der Waals surface area contributed by atoms with Crippen LogP contribution >= 0.6 is 15.9 Å². The first-order chi connectivity index (χ1) is 5.01. The van der Waals surface area contributed by atoms with Crippen molar-refractivity contribution in [1.29, 1.82) is 0 Å². The number of alkyl halides is 1. The SMILES string of the molecule is C[C@H](Br)C1CCC(C)(C)CC1. The van der Waals surface area contributed by atoms with E-state index in [1.165, 1.54) is 25.7 Å². The normalized spacial score (nSPS) is 28.4. The lowest BCUT2D eigenvalue weighted by atomic mass is 9.72. The van der Waals surface area contributed by atoms with E-state index in [2.05, 4.69) is 36.7 Å². The van der Waals surface area contributed by atoms with Gasteiger partial charge in [-0.2, -0.15) is 0 Å². The monoisotopic (exact) mass is 218 g/mol. The molecule has 0 aliphatic heterocycles. The minimum Gasteiger partial charge on any atom is -0.0891 e. The first kappa shape index (κ1) is 9.57. The molecule has 1 aliphatic carbocycles. The molecular weight excluding hydrogens is 200 g/mol. The molecule has 0 heterocycles. The predicted molar refractivity (Wildman–Crippen MR) is 54.1 cm³/mol. The Kier molecular flexibility index (Phi) is 3.02. The Balaban J connectivity index is 2.36. The molecule has 66 valence electrons. The lowest BCUT2D eigenvalue weighted by molar-refractivity contribution is 0.192. The van der Waals surface area contributed by atoms with Crippen molar-refractivity contribution in [3.05, 3.63) is 0 Å². The molecule has 0 nitrogen and oxygen atoms in total. The van der Waals surface area contributed by atoms with Crippen molar-refractivity contribution in [3.8, 4) is 0 Å². The summed E-state index contributed by atoms with van der Waals surface area (Å²) in [5, 5.41) is 0. The summed E-state index contributed by atoms with van der Waals surface area (Å²) in [6.07, 6.45) is 5.65.